The van der Waals surface area contributed by atoms with Crippen LogP contribution in [0.3, 0.4) is 0 Å². The summed E-state index contributed by atoms with van der Waals surface area (Å²) in [5, 5.41) is 3.38. The first-order chi connectivity index (χ1) is 8.36. The summed E-state index contributed by atoms with van der Waals surface area (Å²) in [6.45, 7) is 0. The largest absolute Gasteiger partial charge is 0.316 e. The molecule has 1 atom stereocenters. The summed E-state index contributed by atoms with van der Waals surface area (Å²) in [4.78, 5) is 13.0. The standard InChI is InChI=1S/C13H16N4/c1-14-12(9-2-3-9)8-10-4-5-11-13(17-10)16-7-6-15-11/h4-7,9,12,14H,2-3,8H2,1H3. The minimum atomic E-state index is 0.552. The molecule has 4 nitrogen and oxygen atoms in total. The van der Waals surface area contributed by atoms with Crippen molar-refractivity contribution in [3.8, 4) is 0 Å². The molecule has 88 valence electrons. The molecule has 2 aromatic heterocycles. The van der Waals surface area contributed by atoms with Crippen molar-refractivity contribution < 1.29 is 0 Å². The lowest BCUT2D eigenvalue weighted by molar-refractivity contribution is 0.496. The summed E-state index contributed by atoms with van der Waals surface area (Å²) in [5.41, 5.74) is 2.71. The zero-order chi connectivity index (χ0) is 11.7. The summed E-state index contributed by atoms with van der Waals surface area (Å²) in [6.07, 6.45) is 7.06. The van der Waals surface area contributed by atoms with Crippen LogP contribution in [0.4, 0.5) is 0 Å². The number of aromatic nitrogens is 3. The monoisotopic (exact) mass is 228 g/mol. The molecule has 1 aliphatic rings. The Balaban J connectivity index is 1.84. The Morgan fingerprint density at radius 1 is 1.29 bits per heavy atom. The minimum absolute atomic E-state index is 0.552. The molecule has 4 heteroatoms. The molecular formula is C13H16N4. The third-order valence-electron chi connectivity index (χ3n) is 3.38. The van der Waals surface area contributed by atoms with Crippen molar-refractivity contribution in [3.05, 3.63) is 30.2 Å². The molecule has 1 unspecified atom stereocenters. The fraction of sp³-hybridized carbons (Fsp3) is 0.462. The van der Waals surface area contributed by atoms with E-state index in [9.17, 15) is 0 Å². The van der Waals surface area contributed by atoms with Crippen LogP contribution in [-0.2, 0) is 6.42 Å². The zero-order valence-corrected chi connectivity index (χ0v) is 9.93. The van der Waals surface area contributed by atoms with Crippen molar-refractivity contribution in [2.75, 3.05) is 7.05 Å². The lowest BCUT2D eigenvalue weighted by Gasteiger charge is -2.14. The van der Waals surface area contributed by atoms with Gasteiger partial charge in [0.25, 0.3) is 0 Å². The van der Waals surface area contributed by atoms with E-state index in [0.29, 0.717) is 6.04 Å². The van der Waals surface area contributed by atoms with Gasteiger partial charge in [-0.05, 0) is 37.9 Å². The predicted molar refractivity (Wildman–Crippen MR) is 66.6 cm³/mol. The second-order valence-corrected chi connectivity index (χ2v) is 4.64. The normalized spacial score (nSPS) is 17.2. The van der Waals surface area contributed by atoms with E-state index in [2.05, 4.69) is 26.3 Å². The molecule has 0 aromatic carbocycles. The second kappa shape index (κ2) is 4.37. The molecule has 3 rings (SSSR count). The summed E-state index contributed by atoms with van der Waals surface area (Å²) < 4.78 is 0. The van der Waals surface area contributed by atoms with Crippen molar-refractivity contribution in [1.82, 2.24) is 20.3 Å². The van der Waals surface area contributed by atoms with Gasteiger partial charge in [0, 0.05) is 30.6 Å². The first kappa shape index (κ1) is 10.6. The maximum absolute atomic E-state index is 4.56. The highest BCUT2D eigenvalue weighted by atomic mass is 14.9. The van der Waals surface area contributed by atoms with Gasteiger partial charge in [0.1, 0.15) is 5.52 Å². The van der Waals surface area contributed by atoms with Crippen LogP contribution in [0.15, 0.2) is 24.5 Å². The number of likely N-dealkylation sites (N-methyl/N-ethyl adjacent to an activating group) is 1. The molecule has 1 saturated carbocycles. The van der Waals surface area contributed by atoms with Gasteiger partial charge in [0.2, 0.25) is 0 Å². The quantitative estimate of drug-likeness (QED) is 0.863. The fourth-order valence-electron chi connectivity index (χ4n) is 2.24. The van der Waals surface area contributed by atoms with Crippen LogP contribution in [0.25, 0.3) is 11.2 Å². The van der Waals surface area contributed by atoms with Crippen molar-refractivity contribution >= 4 is 11.2 Å². The second-order valence-electron chi connectivity index (χ2n) is 4.64. The van der Waals surface area contributed by atoms with Gasteiger partial charge in [-0.1, -0.05) is 0 Å². The van der Waals surface area contributed by atoms with E-state index in [0.717, 1.165) is 29.2 Å². The van der Waals surface area contributed by atoms with Gasteiger partial charge in [-0.2, -0.15) is 0 Å². The van der Waals surface area contributed by atoms with Crippen LogP contribution in [0.1, 0.15) is 18.5 Å². The molecule has 0 spiro atoms. The number of fused-ring (bicyclic) bond motifs is 1. The average Bonchev–Trinajstić information content (AvgIpc) is 3.20. The van der Waals surface area contributed by atoms with Crippen LogP contribution in [0.5, 0.6) is 0 Å². The number of nitrogens with zero attached hydrogens (tertiary/aromatic N) is 3. The minimum Gasteiger partial charge on any atom is -0.316 e. The topological polar surface area (TPSA) is 50.7 Å². The molecule has 1 aliphatic carbocycles. The first-order valence-electron chi connectivity index (χ1n) is 6.11. The van der Waals surface area contributed by atoms with Gasteiger partial charge in [-0.3, -0.25) is 4.98 Å². The highest BCUT2D eigenvalue weighted by molar-refractivity contribution is 5.68. The summed E-state index contributed by atoms with van der Waals surface area (Å²) in [7, 11) is 2.03. The van der Waals surface area contributed by atoms with Gasteiger partial charge in [0.15, 0.2) is 5.65 Å². The summed E-state index contributed by atoms with van der Waals surface area (Å²) in [5.74, 6) is 0.833. The Kier molecular flexibility index (Phi) is 2.73. The molecule has 0 aliphatic heterocycles. The van der Waals surface area contributed by atoms with Crippen LogP contribution in [-0.4, -0.2) is 28.0 Å². The van der Waals surface area contributed by atoms with E-state index in [4.69, 9.17) is 0 Å². The lowest BCUT2D eigenvalue weighted by Crippen LogP contribution is -2.30. The third-order valence-corrected chi connectivity index (χ3v) is 3.38. The number of hydrogen-bond donors (Lipinski definition) is 1. The molecule has 0 radical (unpaired) electrons. The molecule has 0 bridgehead atoms. The van der Waals surface area contributed by atoms with Crippen LogP contribution < -0.4 is 5.32 Å². The molecular weight excluding hydrogens is 212 g/mol. The van der Waals surface area contributed by atoms with Gasteiger partial charge >= 0.3 is 0 Å². The Morgan fingerprint density at radius 3 is 2.88 bits per heavy atom. The van der Waals surface area contributed by atoms with Crippen LogP contribution in [0, 0.1) is 5.92 Å². The van der Waals surface area contributed by atoms with Gasteiger partial charge in [0.05, 0.1) is 0 Å². The number of pyridine rings is 1. The highest BCUT2D eigenvalue weighted by Crippen LogP contribution is 2.33. The van der Waals surface area contributed by atoms with E-state index in [1.165, 1.54) is 12.8 Å². The van der Waals surface area contributed by atoms with Gasteiger partial charge in [-0.15, -0.1) is 0 Å². The van der Waals surface area contributed by atoms with E-state index >= 15 is 0 Å². The van der Waals surface area contributed by atoms with Crippen molar-refractivity contribution in [3.63, 3.8) is 0 Å². The number of nitrogens with one attached hydrogen (secondary N) is 1. The number of hydrogen-bond acceptors (Lipinski definition) is 4. The Hall–Kier alpha value is -1.55. The maximum atomic E-state index is 4.56. The maximum Gasteiger partial charge on any atom is 0.178 e. The van der Waals surface area contributed by atoms with E-state index in [1.54, 1.807) is 12.4 Å². The summed E-state index contributed by atoms with van der Waals surface area (Å²) >= 11 is 0. The molecule has 1 N–H and O–H groups in total. The smallest absolute Gasteiger partial charge is 0.178 e. The zero-order valence-electron chi connectivity index (χ0n) is 9.93. The van der Waals surface area contributed by atoms with Crippen molar-refractivity contribution in [2.45, 2.75) is 25.3 Å². The third kappa shape index (κ3) is 2.26. The van der Waals surface area contributed by atoms with Crippen molar-refractivity contribution in [2.24, 2.45) is 5.92 Å². The molecule has 1 fully saturated rings. The molecule has 2 aromatic rings. The van der Waals surface area contributed by atoms with Crippen LogP contribution in [0.2, 0.25) is 0 Å². The fourth-order valence-corrected chi connectivity index (χ4v) is 2.24. The molecule has 2 heterocycles. The predicted octanol–water partition coefficient (Wildman–Crippen LogP) is 1.57. The van der Waals surface area contributed by atoms with Crippen LogP contribution >= 0.6 is 0 Å². The van der Waals surface area contributed by atoms with Gasteiger partial charge < -0.3 is 5.32 Å². The van der Waals surface area contributed by atoms with E-state index in [1.807, 2.05) is 13.1 Å². The average molecular weight is 228 g/mol. The first-order valence-corrected chi connectivity index (χ1v) is 6.11. The Labute approximate surface area is 101 Å². The Bertz CT molecular complexity index is 522. The Morgan fingerprint density at radius 2 is 2.12 bits per heavy atom. The highest BCUT2D eigenvalue weighted by Gasteiger charge is 2.30. The molecule has 0 amide bonds. The van der Waals surface area contributed by atoms with E-state index < -0.39 is 0 Å². The van der Waals surface area contributed by atoms with Gasteiger partial charge in [-0.25, -0.2) is 9.97 Å². The SMILES string of the molecule is CNC(Cc1ccc2nccnc2n1)C1CC1. The van der Waals surface area contributed by atoms with E-state index in [-0.39, 0.29) is 0 Å². The lowest BCUT2D eigenvalue weighted by atomic mass is 10.1. The van der Waals surface area contributed by atoms with Crippen molar-refractivity contribution in [1.29, 1.82) is 0 Å². The number of rotatable bonds is 4. The summed E-state index contributed by atoms with van der Waals surface area (Å²) in [6, 6.07) is 4.62. The molecule has 0 saturated heterocycles. The molecule has 17 heavy (non-hydrogen) atoms.